The van der Waals surface area contributed by atoms with Gasteiger partial charge in [-0.25, -0.2) is 0 Å². The fourth-order valence-corrected chi connectivity index (χ4v) is 1.65. The molecule has 0 radical (unpaired) electrons. The van der Waals surface area contributed by atoms with Crippen LogP contribution in [0.25, 0.3) is 0 Å². The largest absolute Gasteiger partial charge is 0.398 e. The van der Waals surface area contributed by atoms with Crippen LogP contribution < -0.4 is 10.9 Å². The van der Waals surface area contributed by atoms with Gasteiger partial charge in [-0.05, 0) is 24.4 Å². The van der Waals surface area contributed by atoms with Crippen LogP contribution in [0, 0.1) is 0 Å². The number of benzene rings is 1. The summed E-state index contributed by atoms with van der Waals surface area (Å²) in [4.78, 5) is 1.02. The van der Waals surface area contributed by atoms with E-state index in [2.05, 4.69) is 0 Å². The quantitative estimate of drug-likeness (QED) is 0.494. The van der Waals surface area contributed by atoms with Crippen LogP contribution >= 0.6 is 10.7 Å². The van der Waals surface area contributed by atoms with Crippen LogP contribution in [0.15, 0.2) is 29.2 Å². The summed E-state index contributed by atoms with van der Waals surface area (Å²) >= 11 is 0. The van der Waals surface area contributed by atoms with Crippen LogP contribution in [-0.2, 0) is 0 Å². The number of rotatable bonds is 1. The van der Waals surface area contributed by atoms with E-state index in [4.69, 9.17) is 10.9 Å². The molecule has 0 aromatic heterocycles. The number of para-hydroxylation sites is 1. The molecule has 1 aromatic carbocycles. The minimum atomic E-state index is -0.302. The van der Waals surface area contributed by atoms with E-state index in [0.717, 1.165) is 10.6 Å². The maximum absolute atomic E-state index is 5.79. The van der Waals surface area contributed by atoms with Crippen molar-refractivity contribution in [2.75, 3.05) is 5.73 Å². The molecule has 0 bridgehead atoms. The molecule has 0 spiro atoms. The monoisotopic (exact) mass is 168 g/mol. The molecule has 0 aliphatic carbocycles. The van der Waals surface area contributed by atoms with E-state index in [-0.39, 0.29) is 10.7 Å². The van der Waals surface area contributed by atoms with E-state index in [1.807, 2.05) is 36.6 Å². The van der Waals surface area contributed by atoms with Gasteiger partial charge in [-0.1, -0.05) is 22.8 Å². The van der Waals surface area contributed by atoms with Crippen LogP contribution in [0.1, 0.15) is 6.92 Å². The summed E-state index contributed by atoms with van der Waals surface area (Å²) in [5, 5.41) is 7.74. The smallest absolute Gasteiger partial charge is 0.0459 e. The van der Waals surface area contributed by atoms with Crippen molar-refractivity contribution >= 4 is 21.7 Å². The number of nitrogens with two attached hydrogens (primary N) is 2. The van der Waals surface area contributed by atoms with E-state index in [1.165, 1.54) is 0 Å². The lowest BCUT2D eigenvalue weighted by Crippen LogP contribution is -1.93. The number of anilines is 1. The van der Waals surface area contributed by atoms with Gasteiger partial charge in [-0.15, -0.1) is 0 Å². The maximum atomic E-state index is 5.79. The van der Waals surface area contributed by atoms with Crippen LogP contribution in [0.3, 0.4) is 0 Å². The minimum Gasteiger partial charge on any atom is -0.398 e. The highest BCUT2D eigenvalue weighted by Gasteiger charge is 1.96. The lowest BCUT2D eigenvalue weighted by Gasteiger charge is -2.04. The molecule has 0 amide bonds. The molecule has 1 aromatic rings. The zero-order valence-corrected chi connectivity index (χ0v) is 7.27. The molecule has 1 rings (SSSR count). The van der Waals surface area contributed by atoms with Crippen molar-refractivity contribution in [3.05, 3.63) is 24.3 Å². The molecule has 11 heavy (non-hydrogen) atoms. The maximum Gasteiger partial charge on any atom is 0.0459 e. The van der Waals surface area contributed by atoms with Crippen molar-refractivity contribution < 1.29 is 0 Å². The molecule has 0 saturated carbocycles. The zero-order chi connectivity index (χ0) is 8.27. The number of hydrogen-bond acceptors (Lipinski definition) is 2. The van der Waals surface area contributed by atoms with Gasteiger partial charge in [0, 0.05) is 10.6 Å². The predicted octanol–water partition coefficient (Wildman–Crippen LogP) is 1.59. The second-order valence-electron chi connectivity index (χ2n) is 2.15. The molecule has 60 valence electrons. The highest BCUT2D eigenvalue weighted by molar-refractivity contribution is 8.13. The Morgan fingerprint density at radius 3 is 2.55 bits per heavy atom. The van der Waals surface area contributed by atoms with Crippen LogP contribution in [0.2, 0.25) is 0 Å². The zero-order valence-electron chi connectivity index (χ0n) is 6.45. The normalized spacial score (nSPS) is 13.3. The molecule has 1 atom stereocenters. The lowest BCUT2D eigenvalue weighted by atomic mass is 10.3. The molecular weight excluding hydrogens is 156 g/mol. The Hall–Kier alpha value is -0.800. The van der Waals surface area contributed by atoms with Crippen LogP contribution in [0.4, 0.5) is 5.69 Å². The van der Waals surface area contributed by atoms with Crippen molar-refractivity contribution in [2.45, 2.75) is 11.8 Å². The first-order valence-electron chi connectivity index (χ1n) is 3.37. The molecule has 0 fully saturated rings. The molecule has 4 N–H and O–H groups in total. The van der Waals surface area contributed by atoms with Crippen molar-refractivity contribution in [2.24, 2.45) is 5.14 Å². The summed E-state index contributed by atoms with van der Waals surface area (Å²) in [7, 11) is -0.302. The summed E-state index contributed by atoms with van der Waals surface area (Å²) < 4.78 is 0. The van der Waals surface area contributed by atoms with E-state index < -0.39 is 0 Å². The number of hydrogen-bond donors (Lipinski definition) is 2. The fraction of sp³-hybridized carbons (Fsp3) is 0.125. The van der Waals surface area contributed by atoms with Gasteiger partial charge in [0.15, 0.2) is 0 Å². The van der Waals surface area contributed by atoms with Gasteiger partial charge in [0.05, 0.1) is 0 Å². The Morgan fingerprint density at radius 1 is 1.36 bits per heavy atom. The Bertz CT molecular complexity index is 281. The molecule has 2 nitrogen and oxygen atoms in total. The first kappa shape index (κ1) is 8.30. The molecule has 0 aliphatic rings. The van der Waals surface area contributed by atoms with Gasteiger partial charge in [0.25, 0.3) is 0 Å². The topological polar surface area (TPSA) is 52.0 Å². The van der Waals surface area contributed by atoms with E-state index in [1.54, 1.807) is 0 Å². The van der Waals surface area contributed by atoms with E-state index in [9.17, 15) is 0 Å². The third-order valence-corrected chi connectivity index (χ3v) is 2.81. The Morgan fingerprint density at radius 2 is 2.00 bits per heavy atom. The summed E-state index contributed by atoms with van der Waals surface area (Å²) in [6.45, 7) is 1.94. The standard InChI is InChI=1S/C8H12N2S/c1-2-11(10)8-6-4-3-5-7(8)9/h2-6H,9-10H2,1H3. The van der Waals surface area contributed by atoms with E-state index >= 15 is 0 Å². The Kier molecular flexibility index (Phi) is 2.68. The highest BCUT2D eigenvalue weighted by atomic mass is 32.2. The Balaban J connectivity index is 3.14. The summed E-state index contributed by atoms with van der Waals surface area (Å²) in [6.07, 6.45) is 0. The third-order valence-electron chi connectivity index (χ3n) is 1.43. The van der Waals surface area contributed by atoms with Crippen molar-refractivity contribution in [3.63, 3.8) is 0 Å². The average molecular weight is 168 g/mol. The molecule has 3 heteroatoms. The fourth-order valence-electron chi connectivity index (χ4n) is 0.822. The highest BCUT2D eigenvalue weighted by Crippen LogP contribution is 2.24. The third kappa shape index (κ3) is 1.82. The summed E-state index contributed by atoms with van der Waals surface area (Å²) in [5.74, 6) is 0. The SMILES string of the molecule is C/C=S(/N)c1ccccc1N. The van der Waals surface area contributed by atoms with Crippen molar-refractivity contribution in [1.29, 1.82) is 0 Å². The first-order valence-corrected chi connectivity index (χ1v) is 4.72. The van der Waals surface area contributed by atoms with Crippen molar-refractivity contribution in [1.82, 2.24) is 0 Å². The lowest BCUT2D eigenvalue weighted by molar-refractivity contribution is 1.46. The van der Waals surface area contributed by atoms with Gasteiger partial charge in [0.2, 0.25) is 0 Å². The van der Waals surface area contributed by atoms with E-state index in [0.29, 0.717) is 0 Å². The Labute approximate surface area is 69.3 Å². The second kappa shape index (κ2) is 3.55. The van der Waals surface area contributed by atoms with Gasteiger partial charge in [-0.3, -0.25) is 5.14 Å². The van der Waals surface area contributed by atoms with Gasteiger partial charge >= 0.3 is 0 Å². The minimum absolute atomic E-state index is 0.302. The molecule has 0 heterocycles. The molecular formula is C8H12N2S. The molecule has 0 saturated heterocycles. The van der Waals surface area contributed by atoms with Gasteiger partial charge < -0.3 is 5.73 Å². The molecule has 0 aliphatic heterocycles. The first-order chi connectivity index (χ1) is 5.25. The predicted molar refractivity (Wildman–Crippen MR) is 52.6 cm³/mol. The van der Waals surface area contributed by atoms with Crippen LogP contribution in [-0.4, -0.2) is 5.37 Å². The summed E-state index contributed by atoms with van der Waals surface area (Å²) in [6, 6.07) is 7.68. The average Bonchev–Trinajstić information content (AvgIpc) is 2.04. The molecule has 1 unspecified atom stereocenters. The van der Waals surface area contributed by atoms with Crippen molar-refractivity contribution in [3.8, 4) is 0 Å². The number of nitrogen functional groups attached to an aromatic ring is 1. The summed E-state index contributed by atoms with van der Waals surface area (Å²) in [5.41, 5.74) is 6.48. The van der Waals surface area contributed by atoms with Gasteiger partial charge in [0.1, 0.15) is 0 Å². The van der Waals surface area contributed by atoms with Crippen LogP contribution in [0.5, 0.6) is 0 Å². The van der Waals surface area contributed by atoms with Gasteiger partial charge in [-0.2, -0.15) is 0 Å². The second-order valence-corrected chi connectivity index (χ2v) is 3.80.